The van der Waals surface area contributed by atoms with E-state index < -0.39 is 28.5 Å². The second-order valence-electron chi connectivity index (χ2n) is 7.75. The molecule has 1 atom stereocenters. The van der Waals surface area contributed by atoms with Crippen molar-refractivity contribution in [2.24, 2.45) is 0 Å². The number of rotatable bonds is 9. The molecule has 0 spiro atoms. The maximum Gasteiger partial charge on any atom is 0.244 e. The van der Waals surface area contributed by atoms with Crippen LogP contribution in [-0.2, 0) is 26.2 Å². The molecule has 0 aliphatic carbocycles. The highest BCUT2D eigenvalue weighted by Gasteiger charge is 2.31. The first-order valence-corrected chi connectivity index (χ1v) is 12.5. The molecule has 2 aromatic rings. The third-order valence-corrected chi connectivity index (χ3v) is 6.58. The summed E-state index contributed by atoms with van der Waals surface area (Å²) in [7, 11) is -2.24. The van der Waals surface area contributed by atoms with Gasteiger partial charge in [-0.25, -0.2) is 8.42 Å². The molecule has 1 N–H and O–H groups in total. The second-order valence-corrected chi connectivity index (χ2v) is 10.1. The number of halogens is 1. The van der Waals surface area contributed by atoms with Crippen LogP contribution in [0, 0.1) is 13.8 Å². The number of sulfonamides is 1. The zero-order valence-corrected chi connectivity index (χ0v) is 20.6. The van der Waals surface area contributed by atoms with Crippen LogP contribution in [0.15, 0.2) is 42.5 Å². The Labute approximate surface area is 195 Å². The Balaban J connectivity index is 2.45. The maximum atomic E-state index is 13.5. The van der Waals surface area contributed by atoms with Crippen LogP contribution in [0.25, 0.3) is 0 Å². The maximum absolute atomic E-state index is 13.5. The van der Waals surface area contributed by atoms with E-state index in [1.165, 1.54) is 11.9 Å². The highest BCUT2D eigenvalue weighted by atomic mass is 35.5. The molecule has 0 radical (unpaired) electrons. The van der Waals surface area contributed by atoms with Crippen molar-refractivity contribution in [3.8, 4) is 0 Å². The molecule has 2 amide bonds. The van der Waals surface area contributed by atoms with Crippen molar-refractivity contribution >= 4 is 39.1 Å². The van der Waals surface area contributed by atoms with Gasteiger partial charge < -0.3 is 10.2 Å². The van der Waals surface area contributed by atoms with Gasteiger partial charge in [-0.05, 0) is 49.6 Å². The van der Waals surface area contributed by atoms with E-state index in [0.29, 0.717) is 17.1 Å². The third-order valence-electron chi connectivity index (χ3n) is 5.20. The number of likely N-dealkylation sites (N-methyl/N-ethyl adjacent to an activating group) is 1. The Morgan fingerprint density at radius 1 is 1.09 bits per heavy atom. The predicted octanol–water partition coefficient (Wildman–Crippen LogP) is 3.28. The number of carbonyl (C=O) groups excluding carboxylic acids is 2. The van der Waals surface area contributed by atoms with Gasteiger partial charge in [-0.15, -0.1) is 0 Å². The number of carbonyl (C=O) groups is 2. The molecular weight excluding hydrogens is 450 g/mol. The van der Waals surface area contributed by atoms with Crippen LogP contribution in [0.3, 0.4) is 0 Å². The zero-order valence-electron chi connectivity index (χ0n) is 19.1. The summed E-state index contributed by atoms with van der Waals surface area (Å²) in [6.07, 6.45) is 1.45. The van der Waals surface area contributed by atoms with Crippen molar-refractivity contribution in [3.63, 3.8) is 0 Å². The van der Waals surface area contributed by atoms with Crippen molar-refractivity contribution in [3.05, 3.63) is 64.2 Å². The normalized spacial score (nSPS) is 12.2. The van der Waals surface area contributed by atoms with Gasteiger partial charge in [0.1, 0.15) is 12.6 Å². The van der Waals surface area contributed by atoms with E-state index >= 15 is 0 Å². The first-order valence-electron chi connectivity index (χ1n) is 10.3. The quantitative estimate of drug-likeness (QED) is 0.598. The Bertz CT molecular complexity index is 1070. The van der Waals surface area contributed by atoms with Crippen molar-refractivity contribution in [1.29, 1.82) is 0 Å². The summed E-state index contributed by atoms with van der Waals surface area (Å²) in [5.74, 6) is -0.784. The number of nitrogens with one attached hydrogen (secondary N) is 1. The molecule has 0 aliphatic rings. The van der Waals surface area contributed by atoms with E-state index in [0.717, 1.165) is 27.3 Å². The molecule has 0 fully saturated rings. The molecule has 0 aliphatic heterocycles. The summed E-state index contributed by atoms with van der Waals surface area (Å²) in [6.45, 7) is 5.25. The lowest BCUT2D eigenvalue weighted by atomic mass is 10.1. The predicted molar refractivity (Wildman–Crippen MR) is 128 cm³/mol. The summed E-state index contributed by atoms with van der Waals surface area (Å²) in [6, 6.07) is 11.6. The van der Waals surface area contributed by atoms with Gasteiger partial charge in [0, 0.05) is 18.6 Å². The molecule has 2 rings (SSSR count). The Kier molecular flexibility index (Phi) is 8.69. The van der Waals surface area contributed by atoms with Gasteiger partial charge >= 0.3 is 0 Å². The first-order chi connectivity index (χ1) is 15.0. The molecule has 0 saturated carbocycles. The van der Waals surface area contributed by atoms with Crippen molar-refractivity contribution in [2.75, 3.05) is 24.2 Å². The molecule has 0 bridgehead atoms. The van der Waals surface area contributed by atoms with E-state index in [1.54, 1.807) is 50.2 Å². The van der Waals surface area contributed by atoms with E-state index in [2.05, 4.69) is 5.32 Å². The van der Waals surface area contributed by atoms with Crippen LogP contribution >= 0.6 is 11.6 Å². The van der Waals surface area contributed by atoms with Crippen molar-refractivity contribution < 1.29 is 18.0 Å². The summed E-state index contributed by atoms with van der Waals surface area (Å²) in [4.78, 5) is 27.4. The van der Waals surface area contributed by atoms with Gasteiger partial charge in [-0.3, -0.25) is 13.9 Å². The van der Waals surface area contributed by atoms with Crippen LogP contribution in [0.4, 0.5) is 5.69 Å². The number of hydrogen-bond acceptors (Lipinski definition) is 4. The molecule has 2 aromatic carbocycles. The average Bonchev–Trinajstić information content (AvgIpc) is 2.72. The molecule has 9 heteroatoms. The molecular formula is C23H30ClN3O4S. The molecule has 7 nitrogen and oxygen atoms in total. The van der Waals surface area contributed by atoms with Crippen molar-refractivity contribution in [1.82, 2.24) is 10.2 Å². The lowest BCUT2D eigenvalue weighted by molar-refractivity contribution is -0.140. The smallest absolute Gasteiger partial charge is 0.244 e. The fourth-order valence-electron chi connectivity index (χ4n) is 3.55. The Morgan fingerprint density at radius 3 is 2.22 bits per heavy atom. The van der Waals surface area contributed by atoms with E-state index in [4.69, 9.17) is 11.6 Å². The van der Waals surface area contributed by atoms with Crippen LogP contribution in [0.2, 0.25) is 5.02 Å². The molecule has 0 aromatic heterocycles. The zero-order chi connectivity index (χ0) is 24.1. The van der Waals surface area contributed by atoms with Gasteiger partial charge in [0.25, 0.3) is 0 Å². The summed E-state index contributed by atoms with van der Waals surface area (Å²) in [5, 5.41) is 3.15. The van der Waals surface area contributed by atoms with E-state index in [9.17, 15) is 18.0 Å². The topological polar surface area (TPSA) is 86.8 Å². The SMILES string of the molecule is CCC(C(=O)NC)N(Cc1ccc(Cl)cc1)C(=O)CN(c1ccc(C)cc1C)S(C)(=O)=O. The van der Waals surface area contributed by atoms with E-state index in [-0.39, 0.29) is 12.5 Å². The van der Waals surface area contributed by atoms with E-state index in [1.807, 2.05) is 13.0 Å². The lowest BCUT2D eigenvalue weighted by Crippen LogP contribution is -2.51. The summed E-state index contributed by atoms with van der Waals surface area (Å²) < 4.78 is 26.3. The minimum Gasteiger partial charge on any atom is -0.357 e. The fraction of sp³-hybridized carbons (Fsp3) is 0.391. The standard InChI is InChI=1S/C23H30ClN3O4S/c1-6-20(23(29)25-4)26(14-18-8-10-19(24)11-9-18)22(28)15-27(32(5,30)31)21-12-7-16(2)13-17(21)3/h7-13,20H,6,14-15H2,1-5H3,(H,25,29). The largest absolute Gasteiger partial charge is 0.357 e. The number of amides is 2. The number of aryl methyl sites for hydroxylation is 2. The number of benzene rings is 2. The van der Waals surface area contributed by atoms with Crippen LogP contribution in [0.1, 0.15) is 30.0 Å². The highest BCUT2D eigenvalue weighted by Crippen LogP contribution is 2.24. The molecule has 32 heavy (non-hydrogen) atoms. The number of anilines is 1. The summed E-state index contributed by atoms with van der Waals surface area (Å²) in [5.41, 5.74) is 2.94. The minimum absolute atomic E-state index is 0.145. The molecule has 0 heterocycles. The Hall–Kier alpha value is -2.58. The number of hydrogen-bond donors (Lipinski definition) is 1. The highest BCUT2D eigenvalue weighted by molar-refractivity contribution is 7.92. The summed E-state index contributed by atoms with van der Waals surface area (Å²) >= 11 is 5.97. The van der Waals surface area contributed by atoms with Gasteiger partial charge in [0.05, 0.1) is 11.9 Å². The molecule has 174 valence electrons. The Morgan fingerprint density at radius 2 is 1.72 bits per heavy atom. The first kappa shape index (κ1) is 25.7. The van der Waals surface area contributed by atoms with Gasteiger partial charge in [0.2, 0.25) is 21.8 Å². The van der Waals surface area contributed by atoms with Gasteiger partial charge in [-0.1, -0.05) is 48.4 Å². The lowest BCUT2D eigenvalue weighted by Gasteiger charge is -2.33. The number of nitrogens with zero attached hydrogens (tertiary/aromatic N) is 2. The monoisotopic (exact) mass is 479 g/mol. The fourth-order valence-corrected chi connectivity index (χ4v) is 4.59. The van der Waals surface area contributed by atoms with Crippen molar-refractivity contribution in [2.45, 2.75) is 39.8 Å². The van der Waals surface area contributed by atoms with Gasteiger partial charge in [0.15, 0.2) is 0 Å². The van der Waals surface area contributed by atoms with Crippen LogP contribution in [0.5, 0.6) is 0 Å². The van der Waals surface area contributed by atoms with Gasteiger partial charge in [-0.2, -0.15) is 0 Å². The van der Waals surface area contributed by atoms with Crippen LogP contribution in [-0.4, -0.2) is 51.0 Å². The molecule has 0 saturated heterocycles. The molecule has 1 unspecified atom stereocenters. The third kappa shape index (κ3) is 6.46. The van der Waals surface area contributed by atoms with Crippen LogP contribution < -0.4 is 9.62 Å². The second kappa shape index (κ2) is 10.8. The minimum atomic E-state index is -3.75. The average molecular weight is 480 g/mol.